The lowest BCUT2D eigenvalue weighted by Gasteiger charge is -2.20. The number of halogens is 2. The van der Waals surface area contributed by atoms with Gasteiger partial charge in [0.05, 0.1) is 12.2 Å². The average Bonchev–Trinajstić information content (AvgIpc) is 3.08. The van der Waals surface area contributed by atoms with Crippen molar-refractivity contribution >= 4 is 45.2 Å². The topological polar surface area (TPSA) is 27.7 Å². The van der Waals surface area contributed by atoms with Gasteiger partial charge in [0.1, 0.15) is 13.6 Å². The minimum absolute atomic E-state index is 0.286. The fraction of sp³-hybridized carbons (Fsp3) is 0.905. The van der Waals surface area contributed by atoms with Gasteiger partial charge in [0.25, 0.3) is 0 Å². The highest BCUT2D eigenvalue weighted by molar-refractivity contribution is 14.1. The van der Waals surface area contributed by atoms with E-state index in [4.69, 9.17) is 14.2 Å². The molecule has 0 aromatic carbocycles. The minimum atomic E-state index is 0.286. The fourth-order valence-corrected chi connectivity index (χ4v) is 7.14. The number of alkyl halides is 2. The molecule has 0 aromatic rings. The second-order valence-corrected chi connectivity index (χ2v) is 15.9. The van der Waals surface area contributed by atoms with Gasteiger partial charge in [-0.25, -0.2) is 0 Å². The molecule has 0 fully saturated rings. The highest BCUT2D eigenvalue weighted by Crippen LogP contribution is 2.18. The van der Waals surface area contributed by atoms with Crippen molar-refractivity contribution in [1.29, 1.82) is 0 Å². The highest BCUT2D eigenvalue weighted by atomic mass is 127. The van der Waals surface area contributed by atoms with Gasteiger partial charge in [0.15, 0.2) is 0 Å². The standard InChI is InChI=1S/C42H80I2O3/c1-3-5-7-9-11-15-21-27-33-41(35-29-23-17-13-19-25-31-37-43)46-39-45-40-47-42(34-28-22-16-12-10-8-6-4-2)36-30-24-18-14-20-26-32-38-44/h15-16,21-22,41-42H,3-14,17-20,23-40H2,1-2H3. The summed E-state index contributed by atoms with van der Waals surface area (Å²) in [7, 11) is 0. The zero-order valence-corrected chi connectivity index (χ0v) is 35.8. The van der Waals surface area contributed by atoms with Crippen LogP contribution in [0.1, 0.15) is 206 Å². The molecular weight excluding hydrogens is 806 g/mol. The van der Waals surface area contributed by atoms with Gasteiger partial charge in [-0.15, -0.1) is 0 Å². The van der Waals surface area contributed by atoms with Crippen molar-refractivity contribution < 1.29 is 14.2 Å². The maximum atomic E-state index is 6.30. The number of hydrogen-bond acceptors (Lipinski definition) is 3. The third-order valence-electron chi connectivity index (χ3n) is 9.19. The quantitative estimate of drug-likeness (QED) is 0.0202. The molecule has 0 heterocycles. The van der Waals surface area contributed by atoms with E-state index in [2.05, 4.69) is 83.3 Å². The van der Waals surface area contributed by atoms with Crippen LogP contribution >= 0.6 is 45.2 Å². The normalized spacial score (nSPS) is 13.4. The summed E-state index contributed by atoms with van der Waals surface area (Å²) in [4.78, 5) is 0. The van der Waals surface area contributed by atoms with Gasteiger partial charge in [-0.3, -0.25) is 0 Å². The van der Waals surface area contributed by atoms with Crippen molar-refractivity contribution in [2.75, 3.05) is 22.4 Å². The fourth-order valence-electron chi connectivity index (χ4n) is 6.06. The summed E-state index contributed by atoms with van der Waals surface area (Å²) < 4.78 is 21.1. The van der Waals surface area contributed by atoms with E-state index >= 15 is 0 Å². The molecule has 5 heteroatoms. The molecule has 2 unspecified atom stereocenters. The Morgan fingerprint density at radius 2 is 0.723 bits per heavy atom. The van der Waals surface area contributed by atoms with Crippen LogP contribution in [-0.2, 0) is 14.2 Å². The lowest BCUT2D eigenvalue weighted by molar-refractivity contribution is -0.167. The van der Waals surface area contributed by atoms with Gasteiger partial charge in [-0.1, -0.05) is 199 Å². The molecule has 2 atom stereocenters. The summed E-state index contributed by atoms with van der Waals surface area (Å²) in [5.41, 5.74) is 0. The Bertz CT molecular complexity index is 575. The van der Waals surface area contributed by atoms with Gasteiger partial charge in [0, 0.05) is 0 Å². The predicted molar refractivity (Wildman–Crippen MR) is 226 cm³/mol. The van der Waals surface area contributed by atoms with Gasteiger partial charge in [0.2, 0.25) is 0 Å². The first-order valence-electron chi connectivity index (χ1n) is 20.5. The van der Waals surface area contributed by atoms with E-state index in [0.29, 0.717) is 13.6 Å². The van der Waals surface area contributed by atoms with Crippen LogP contribution in [0.2, 0.25) is 0 Å². The monoisotopic (exact) mass is 886 g/mol. The molecule has 3 nitrogen and oxygen atoms in total. The molecule has 0 aliphatic rings. The van der Waals surface area contributed by atoms with Crippen LogP contribution in [0.25, 0.3) is 0 Å². The SMILES string of the molecule is CCCCCCC=CCCC(CCCCCCCCCI)OCOCOC(CCC=CCCCCCC)CCCCCCCCCI. The van der Waals surface area contributed by atoms with Crippen molar-refractivity contribution in [2.24, 2.45) is 0 Å². The first-order chi connectivity index (χ1) is 23.3. The molecular formula is C42H80I2O3. The van der Waals surface area contributed by atoms with Crippen molar-refractivity contribution in [3.05, 3.63) is 24.3 Å². The summed E-state index contributed by atoms with van der Waals surface area (Å²) in [6.07, 6.45) is 49.0. The summed E-state index contributed by atoms with van der Waals surface area (Å²) in [6.45, 7) is 5.26. The molecule has 0 aromatic heterocycles. The molecule has 0 radical (unpaired) electrons. The Kier molecular flexibility index (Phi) is 43.7. The summed E-state index contributed by atoms with van der Waals surface area (Å²) in [5.74, 6) is 0. The second kappa shape index (κ2) is 43.0. The maximum absolute atomic E-state index is 6.30. The maximum Gasteiger partial charge on any atom is 0.149 e. The number of allylic oxidation sites excluding steroid dienone is 4. The van der Waals surface area contributed by atoms with Crippen molar-refractivity contribution in [3.63, 3.8) is 0 Å². The molecule has 0 saturated carbocycles. The van der Waals surface area contributed by atoms with Gasteiger partial charge in [-0.2, -0.15) is 0 Å². The number of ether oxygens (including phenoxy) is 3. The minimum Gasteiger partial charge on any atom is -0.352 e. The van der Waals surface area contributed by atoms with Crippen LogP contribution in [-0.4, -0.2) is 34.6 Å². The molecule has 0 saturated heterocycles. The van der Waals surface area contributed by atoms with Gasteiger partial charge < -0.3 is 14.2 Å². The van der Waals surface area contributed by atoms with Gasteiger partial charge >= 0.3 is 0 Å². The van der Waals surface area contributed by atoms with Crippen LogP contribution < -0.4 is 0 Å². The first kappa shape index (κ1) is 47.8. The Labute approximate surface area is 322 Å². The van der Waals surface area contributed by atoms with Crippen LogP contribution in [0.3, 0.4) is 0 Å². The largest absolute Gasteiger partial charge is 0.352 e. The van der Waals surface area contributed by atoms with E-state index in [1.165, 1.54) is 163 Å². The highest BCUT2D eigenvalue weighted by Gasteiger charge is 2.11. The predicted octanol–water partition coefficient (Wildman–Crippen LogP) is 15.4. The molecule has 280 valence electrons. The van der Waals surface area contributed by atoms with Crippen molar-refractivity contribution in [1.82, 2.24) is 0 Å². The van der Waals surface area contributed by atoms with E-state index in [0.717, 1.165) is 38.5 Å². The second-order valence-electron chi connectivity index (χ2n) is 13.7. The Hall–Kier alpha value is 0.820. The van der Waals surface area contributed by atoms with Crippen LogP contribution in [0.15, 0.2) is 24.3 Å². The molecule has 47 heavy (non-hydrogen) atoms. The molecule has 0 N–H and O–H groups in total. The number of hydrogen-bond donors (Lipinski definition) is 0. The third kappa shape index (κ3) is 39.5. The van der Waals surface area contributed by atoms with Crippen LogP contribution in [0.5, 0.6) is 0 Å². The average molecular weight is 887 g/mol. The third-order valence-corrected chi connectivity index (χ3v) is 10.7. The van der Waals surface area contributed by atoms with Crippen LogP contribution in [0, 0.1) is 0 Å². The zero-order valence-electron chi connectivity index (χ0n) is 31.5. The van der Waals surface area contributed by atoms with Crippen LogP contribution in [0.4, 0.5) is 0 Å². The lowest BCUT2D eigenvalue weighted by atomic mass is 10.0. The summed E-state index contributed by atoms with van der Waals surface area (Å²) in [6, 6.07) is 0. The molecule has 0 bridgehead atoms. The van der Waals surface area contributed by atoms with Crippen molar-refractivity contribution in [2.45, 2.75) is 219 Å². The molecule has 0 aliphatic heterocycles. The summed E-state index contributed by atoms with van der Waals surface area (Å²) >= 11 is 4.99. The van der Waals surface area contributed by atoms with E-state index in [9.17, 15) is 0 Å². The molecule has 0 spiro atoms. The van der Waals surface area contributed by atoms with Gasteiger partial charge in [-0.05, 0) is 85.9 Å². The van der Waals surface area contributed by atoms with E-state index in [1.54, 1.807) is 0 Å². The Morgan fingerprint density at radius 3 is 1.11 bits per heavy atom. The van der Waals surface area contributed by atoms with Crippen molar-refractivity contribution in [3.8, 4) is 0 Å². The molecule has 0 aliphatic carbocycles. The number of rotatable bonds is 40. The number of unbranched alkanes of at least 4 members (excludes halogenated alkanes) is 20. The van der Waals surface area contributed by atoms with E-state index in [1.807, 2.05) is 0 Å². The van der Waals surface area contributed by atoms with E-state index in [-0.39, 0.29) is 12.2 Å². The Balaban J connectivity index is 4.53. The zero-order chi connectivity index (χ0) is 34.1. The molecule has 0 amide bonds. The lowest BCUT2D eigenvalue weighted by Crippen LogP contribution is -2.19. The van der Waals surface area contributed by atoms with E-state index < -0.39 is 0 Å². The Morgan fingerprint density at radius 1 is 0.383 bits per heavy atom. The molecule has 0 rings (SSSR count). The first-order valence-corrected chi connectivity index (χ1v) is 23.6. The smallest absolute Gasteiger partial charge is 0.149 e. The summed E-state index contributed by atoms with van der Waals surface area (Å²) in [5, 5.41) is 0.